The molecule has 2 heterocycles. The van der Waals surface area contributed by atoms with E-state index in [1.54, 1.807) is 32.4 Å². The maximum absolute atomic E-state index is 12.8. The van der Waals surface area contributed by atoms with Crippen molar-refractivity contribution in [3.05, 3.63) is 63.9 Å². The van der Waals surface area contributed by atoms with Crippen LogP contribution in [0.1, 0.15) is 23.5 Å². The van der Waals surface area contributed by atoms with Crippen LogP contribution in [-0.4, -0.2) is 25.2 Å². The molecule has 0 radical (unpaired) electrons. The van der Waals surface area contributed by atoms with Gasteiger partial charge in [0.15, 0.2) is 0 Å². The predicted molar refractivity (Wildman–Crippen MR) is 96.2 cm³/mol. The minimum absolute atomic E-state index is 0.0666. The third-order valence-electron chi connectivity index (χ3n) is 4.66. The lowest BCUT2D eigenvalue weighted by atomic mass is 9.85. The van der Waals surface area contributed by atoms with Gasteiger partial charge in [0.1, 0.15) is 17.2 Å². The number of para-hydroxylation sites is 1. The van der Waals surface area contributed by atoms with Crippen molar-refractivity contribution in [1.82, 2.24) is 4.98 Å². The number of hydrogen-bond acceptors (Lipinski definition) is 5. The summed E-state index contributed by atoms with van der Waals surface area (Å²) in [6.07, 6.45) is 0.0666. The summed E-state index contributed by atoms with van der Waals surface area (Å²) < 4.78 is 16.2. The van der Waals surface area contributed by atoms with Gasteiger partial charge in [0, 0.05) is 22.9 Å². The molecule has 132 valence electrons. The number of ether oxygens (including phenoxy) is 3. The number of aromatic nitrogens is 1. The molecule has 1 atom stereocenters. The Bertz CT molecular complexity index is 1070. The van der Waals surface area contributed by atoms with Crippen LogP contribution < -0.4 is 19.8 Å². The lowest BCUT2D eigenvalue weighted by Gasteiger charge is -2.26. The summed E-state index contributed by atoms with van der Waals surface area (Å²) in [5.74, 6) is 0.680. The number of benzene rings is 2. The highest BCUT2D eigenvalue weighted by atomic mass is 16.5. The molecule has 1 N–H and O–H groups in total. The van der Waals surface area contributed by atoms with Crippen molar-refractivity contribution in [2.24, 2.45) is 0 Å². The van der Waals surface area contributed by atoms with Crippen molar-refractivity contribution in [3.8, 4) is 17.2 Å². The SMILES string of the molecule is COc1ccc(C2CC(=O)Oc3c2c(=O)[nH]c2ccccc32)c(OC)c1. The van der Waals surface area contributed by atoms with Gasteiger partial charge in [-0.25, -0.2) is 0 Å². The highest BCUT2D eigenvalue weighted by Gasteiger charge is 2.34. The van der Waals surface area contributed by atoms with Gasteiger partial charge < -0.3 is 19.2 Å². The standard InChI is InChI=1S/C20H17NO5/c1-24-11-7-8-12(16(9-11)25-2)14-10-17(22)26-19-13-5-3-4-6-15(13)21-20(23)18(14)19/h3-9,14H,10H2,1-2H3,(H,21,23). The fourth-order valence-electron chi connectivity index (χ4n) is 3.45. The molecule has 6 nitrogen and oxygen atoms in total. The zero-order chi connectivity index (χ0) is 18.3. The average Bonchev–Trinajstić information content (AvgIpc) is 2.66. The van der Waals surface area contributed by atoms with Crippen molar-refractivity contribution in [1.29, 1.82) is 0 Å². The number of esters is 1. The summed E-state index contributed by atoms with van der Waals surface area (Å²) in [6, 6.07) is 12.6. The van der Waals surface area contributed by atoms with E-state index in [-0.39, 0.29) is 17.9 Å². The van der Waals surface area contributed by atoms with E-state index in [9.17, 15) is 9.59 Å². The number of pyridine rings is 1. The number of carbonyl (C=O) groups is 1. The molecular weight excluding hydrogens is 334 g/mol. The summed E-state index contributed by atoms with van der Waals surface area (Å²) >= 11 is 0. The van der Waals surface area contributed by atoms with Gasteiger partial charge in [0.2, 0.25) is 0 Å². The predicted octanol–water partition coefficient (Wildman–Crippen LogP) is 2.99. The number of carbonyl (C=O) groups excluding carboxylic acids is 1. The number of H-pyrrole nitrogens is 1. The molecule has 26 heavy (non-hydrogen) atoms. The molecule has 6 heteroatoms. The van der Waals surface area contributed by atoms with Crippen LogP contribution in [0.5, 0.6) is 17.2 Å². The molecule has 0 fully saturated rings. The van der Waals surface area contributed by atoms with Crippen LogP contribution in [0.25, 0.3) is 10.9 Å². The summed E-state index contributed by atoms with van der Waals surface area (Å²) in [5.41, 5.74) is 1.54. The Labute approximate surface area is 149 Å². The minimum atomic E-state index is -0.458. The topological polar surface area (TPSA) is 77.6 Å². The molecule has 1 aliphatic rings. The molecule has 0 saturated carbocycles. The Hall–Kier alpha value is -3.28. The Morgan fingerprint density at radius 2 is 1.88 bits per heavy atom. The van der Waals surface area contributed by atoms with Crippen molar-refractivity contribution in [3.63, 3.8) is 0 Å². The normalized spacial score (nSPS) is 16.1. The van der Waals surface area contributed by atoms with Gasteiger partial charge in [0.25, 0.3) is 5.56 Å². The van der Waals surface area contributed by atoms with Crippen LogP contribution in [0.4, 0.5) is 0 Å². The second kappa shape index (κ2) is 6.22. The maximum atomic E-state index is 12.8. The fraction of sp³-hybridized carbons (Fsp3) is 0.200. The van der Waals surface area contributed by atoms with Crippen molar-refractivity contribution >= 4 is 16.9 Å². The molecule has 1 unspecified atom stereocenters. The first-order chi connectivity index (χ1) is 12.6. The van der Waals surface area contributed by atoms with Gasteiger partial charge in [-0.05, 0) is 18.2 Å². The Kier molecular flexibility index (Phi) is 3.88. The maximum Gasteiger partial charge on any atom is 0.312 e. The first-order valence-electron chi connectivity index (χ1n) is 8.20. The Balaban J connectivity index is 1.98. The Morgan fingerprint density at radius 1 is 1.08 bits per heavy atom. The highest BCUT2D eigenvalue weighted by Crippen LogP contribution is 2.43. The van der Waals surface area contributed by atoms with Crippen LogP contribution in [0.15, 0.2) is 47.3 Å². The first kappa shape index (κ1) is 16.2. The molecule has 0 saturated heterocycles. The lowest BCUT2D eigenvalue weighted by Crippen LogP contribution is -2.28. The second-order valence-corrected chi connectivity index (χ2v) is 6.08. The van der Waals surface area contributed by atoms with E-state index >= 15 is 0 Å². The average molecular weight is 351 g/mol. The van der Waals surface area contributed by atoms with Gasteiger partial charge in [-0.1, -0.05) is 18.2 Å². The van der Waals surface area contributed by atoms with Crippen molar-refractivity contribution in [2.75, 3.05) is 14.2 Å². The summed E-state index contributed by atoms with van der Waals surface area (Å²) in [4.78, 5) is 27.9. The van der Waals surface area contributed by atoms with E-state index in [1.807, 2.05) is 24.3 Å². The van der Waals surface area contributed by atoms with E-state index in [0.717, 1.165) is 5.56 Å². The molecule has 0 bridgehead atoms. The fourth-order valence-corrected chi connectivity index (χ4v) is 3.45. The lowest BCUT2D eigenvalue weighted by molar-refractivity contribution is -0.135. The van der Waals surface area contributed by atoms with E-state index < -0.39 is 5.92 Å². The van der Waals surface area contributed by atoms with Crippen LogP contribution in [0.2, 0.25) is 0 Å². The zero-order valence-electron chi connectivity index (χ0n) is 14.4. The molecule has 0 spiro atoms. The first-order valence-corrected chi connectivity index (χ1v) is 8.20. The van der Waals surface area contributed by atoms with E-state index in [0.29, 0.717) is 33.7 Å². The number of nitrogens with one attached hydrogen (secondary N) is 1. The third kappa shape index (κ3) is 2.50. The van der Waals surface area contributed by atoms with Crippen molar-refractivity contribution in [2.45, 2.75) is 12.3 Å². The summed E-state index contributed by atoms with van der Waals surface area (Å²) in [7, 11) is 3.11. The van der Waals surface area contributed by atoms with Crippen LogP contribution >= 0.6 is 0 Å². The molecule has 4 rings (SSSR count). The molecule has 0 aliphatic carbocycles. The van der Waals surface area contributed by atoms with Crippen LogP contribution in [0, 0.1) is 0 Å². The van der Waals surface area contributed by atoms with E-state index in [4.69, 9.17) is 14.2 Å². The number of fused-ring (bicyclic) bond motifs is 3. The zero-order valence-corrected chi connectivity index (χ0v) is 14.4. The van der Waals surface area contributed by atoms with Gasteiger partial charge in [-0.2, -0.15) is 0 Å². The smallest absolute Gasteiger partial charge is 0.312 e. The highest BCUT2D eigenvalue weighted by molar-refractivity contribution is 5.91. The third-order valence-corrected chi connectivity index (χ3v) is 4.66. The summed E-state index contributed by atoms with van der Waals surface area (Å²) in [5, 5.41) is 0.702. The summed E-state index contributed by atoms with van der Waals surface area (Å²) in [6.45, 7) is 0. The Morgan fingerprint density at radius 3 is 2.65 bits per heavy atom. The quantitative estimate of drug-likeness (QED) is 0.734. The van der Waals surface area contributed by atoms with Gasteiger partial charge in [-0.15, -0.1) is 0 Å². The monoisotopic (exact) mass is 351 g/mol. The molecule has 2 aromatic carbocycles. The van der Waals surface area contributed by atoms with Crippen LogP contribution in [-0.2, 0) is 4.79 Å². The van der Waals surface area contributed by atoms with Gasteiger partial charge in [-0.3, -0.25) is 9.59 Å². The molecule has 0 amide bonds. The van der Waals surface area contributed by atoms with Crippen LogP contribution in [0.3, 0.4) is 0 Å². The van der Waals surface area contributed by atoms with Gasteiger partial charge in [0.05, 0.1) is 31.7 Å². The largest absolute Gasteiger partial charge is 0.497 e. The number of hydrogen-bond donors (Lipinski definition) is 1. The number of rotatable bonds is 3. The minimum Gasteiger partial charge on any atom is -0.497 e. The second-order valence-electron chi connectivity index (χ2n) is 6.08. The van der Waals surface area contributed by atoms with E-state index in [1.165, 1.54) is 0 Å². The molecule has 1 aromatic heterocycles. The molecular formula is C20H17NO5. The van der Waals surface area contributed by atoms with Gasteiger partial charge >= 0.3 is 5.97 Å². The molecule has 3 aromatic rings. The number of aromatic amines is 1. The number of methoxy groups -OCH3 is 2. The van der Waals surface area contributed by atoms with Crippen molar-refractivity contribution < 1.29 is 19.0 Å². The molecule has 1 aliphatic heterocycles. The van der Waals surface area contributed by atoms with E-state index in [2.05, 4.69) is 4.98 Å².